The van der Waals surface area contributed by atoms with Crippen LogP contribution in [0.4, 0.5) is 5.69 Å². The first-order chi connectivity index (χ1) is 14.2. The summed E-state index contributed by atoms with van der Waals surface area (Å²) in [5.74, 6) is -2.54. The summed E-state index contributed by atoms with van der Waals surface area (Å²) in [5, 5.41) is 2.62. The maximum atomic E-state index is 13.0. The van der Waals surface area contributed by atoms with Crippen molar-refractivity contribution in [1.29, 1.82) is 0 Å². The molecule has 3 fully saturated rings. The van der Waals surface area contributed by atoms with Crippen LogP contribution in [-0.2, 0) is 23.9 Å². The van der Waals surface area contributed by atoms with E-state index in [0.29, 0.717) is 5.69 Å². The van der Waals surface area contributed by atoms with E-state index < -0.39 is 36.4 Å². The van der Waals surface area contributed by atoms with Crippen molar-refractivity contribution in [2.45, 2.75) is 29.0 Å². The largest absolute Gasteiger partial charge is 0.454 e. The molecular weight excluding hydrogens is 588 g/mol. The predicted molar refractivity (Wildman–Crippen MR) is 119 cm³/mol. The van der Waals surface area contributed by atoms with Gasteiger partial charge in [0.25, 0.3) is 5.91 Å². The van der Waals surface area contributed by atoms with Crippen molar-refractivity contribution in [3.63, 3.8) is 0 Å². The summed E-state index contributed by atoms with van der Waals surface area (Å²) in [6.07, 6.45) is 0.821. The van der Waals surface area contributed by atoms with Gasteiger partial charge in [0.05, 0.1) is 11.8 Å². The van der Waals surface area contributed by atoms with Gasteiger partial charge in [-0.1, -0.05) is 47.8 Å². The molecule has 1 heterocycles. The van der Waals surface area contributed by atoms with Crippen LogP contribution in [0.1, 0.15) is 13.3 Å². The number of fused-ring (bicyclic) bond motifs is 5. The maximum absolute atomic E-state index is 13.0. The summed E-state index contributed by atoms with van der Waals surface area (Å²) in [5.41, 5.74) is 0.564. The average Bonchev–Trinajstić information content (AvgIpc) is 3.32. The number of anilines is 1. The van der Waals surface area contributed by atoms with E-state index in [1.54, 1.807) is 24.3 Å². The summed E-state index contributed by atoms with van der Waals surface area (Å²) < 4.78 is 5.95. The number of ether oxygens (including phenoxy) is 1. The van der Waals surface area contributed by atoms with Crippen molar-refractivity contribution in [1.82, 2.24) is 4.90 Å². The minimum atomic E-state index is -1.07. The topological polar surface area (TPSA) is 92.8 Å². The highest BCUT2D eigenvalue weighted by Gasteiger charge is 2.67. The van der Waals surface area contributed by atoms with Gasteiger partial charge in [-0.15, -0.1) is 0 Å². The van der Waals surface area contributed by atoms with Gasteiger partial charge in [0.2, 0.25) is 11.8 Å². The van der Waals surface area contributed by atoms with Crippen LogP contribution < -0.4 is 5.32 Å². The van der Waals surface area contributed by atoms with Gasteiger partial charge in [-0.3, -0.25) is 19.3 Å². The Morgan fingerprint density at radius 3 is 2.17 bits per heavy atom. The molecule has 2 bridgehead atoms. The first kappa shape index (κ1) is 22.0. The number of hydrogen-bond acceptors (Lipinski definition) is 5. The van der Waals surface area contributed by atoms with Crippen molar-refractivity contribution in [2.75, 3.05) is 11.9 Å². The zero-order chi connectivity index (χ0) is 21.7. The fraction of sp³-hybridized carbons (Fsp3) is 0.500. The third kappa shape index (κ3) is 3.64. The molecule has 10 heteroatoms. The SMILES string of the molecule is C[C@H](C(=O)OCC(=O)Nc1ccc(Br)cc1)N1C(=O)[C@@H]2[C@H]3C[C@@H]([C@H](Br)[C@H]3Br)[C@@H]2C1=O. The molecule has 2 saturated carbocycles. The first-order valence-electron chi connectivity index (χ1n) is 9.57. The van der Waals surface area contributed by atoms with E-state index in [1.165, 1.54) is 6.92 Å². The second-order valence-corrected chi connectivity index (χ2v) is 10.9. The van der Waals surface area contributed by atoms with Crippen molar-refractivity contribution in [2.24, 2.45) is 23.7 Å². The van der Waals surface area contributed by atoms with Crippen LogP contribution in [-0.4, -0.2) is 50.9 Å². The molecule has 1 N–H and O–H groups in total. The van der Waals surface area contributed by atoms with Crippen LogP contribution in [0.2, 0.25) is 0 Å². The van der Waals surface area contributed by atoms with Crippen LogP contribution >= 0.6 is 47.8 Å². The monoisotopic (exact) mass is 604 g/mol. The fourth-order valence-corrected chi connectivity index (χ4v) is 6.98. The van der Waals surface area contributed by atoms with E-state index in [-0.39, 0.29) is 33.3 Å². The van der Waals surface area contributed by atoms with Crippen LogP contribution in [0, 0.1) is 23.7 Å². The molecule has 1 saturated heterocycles. The molecule has 0 unspecified atom stereocenters. The lowest BCUT2D eigenvalue weighted by Crippen LogP contribution is -2.45. The molecule has 7 nitrogen and oxygen atoms in total. The molecule has 3 amide bonds. The van der Waals surface area contributed by atoms with Crippen LogP contribution in [0.5, 0.6) is 0 Å². The highest BCUT2D eigenvalue weighted by atomic mass is 79.9. The molecule has 30 heavy (non-hydrogen) atoms. The number of esters is 1. The molecule has 0 aromatic heterocycles. The Labute approximate surface area is 198 Å². The smallest absolute Gasteiger partial charge is 0.329 e. The van der Waals surface area contributed by atoms with Crippen molar-refractivity contribution < 1.29 is 23.9 Å². The molecule has 2 aliphatic carbocycles. The molecule has 0 radical (unpaired) electrons. The van der Waals surface area contributed by atoms with Gasteiger partial charge in [-0.25, -0.2) is 4.79 Å². The number of benzene rings is 1. The van der Waals surface area contributed by atoms with Gasteiger partial charge in [0.15, 0.2) is 6.61 Å². The van der Waals surface area contributed by atoms with Gasteiger partial charge in [-0.2, -0.15) is 0 Å². The number of carbonyl (C=O) groups excluding carboxylic acids is 4. The van der Waals surface area contributed by atoms with Crippen LogP contribution in [0.15, 0.2) is 28.7 Å². The van der Waals surface area contributed by atoms with Gasteiger partial charge >= 0.3 is 5.97 Å². The average molecular weight is 607 g/mol. The highest BCUT2D eigenvalue weighted by Crippen LogP contribution is 2.60. The quantitative estimate of drug-likeness (QED) is 0.316. The predicted octanol–water partition coefficient (Wildman–Crippen LogP) is 3.10. The third-order valence-electron chi connectivity index (χ3n) is 6.22. The summed E-state index contributed by atoms with van der Waals surface area (Å²) in [7, 11) is 0. The van der Waals surface area contributed by atoms with E-state index in [2.05, 4.69) is 53.1 Å². The van der Waals surface area contributed by atoms with Gasteiger partial charge in [0.1, 0.15) is 6.04 Å². The second kappa shape index (κ2) is 8.35. The summed E-state index contributed by atoms with van der Waals surface area (Å²) in [4.78, 5) is 51.8. The van der Waals surface area contributed by atoms with Crippen LogP contribution in [0.3, 0.4) is 0 Å². The molecular formula is C20H19Br3N2O5. The first-order valence-corrected chi connectivity index (χ1v) is 12.2. The number of nitrogens with zero attached hydrogens (tertiary/aromatic N) is 1. The lowest BCUT2D eigenvalue weighted by molar-refractivity contribution is -0.159. The standard InChI is InChI=1S/C20H19Br3N2O5/c1-8(20(29)30-7-13(26)24-10-4-2-9(21)3-5-10)25-18(27)14-11-6-12(15(14)19(25)28)17(23)16(11)22/h2-5,8,11-12,14-17H,6-7H2,1H3,(H,24,26)/t8-,11-,12-,14-,15+,16+,17+/m1/s1. The Balaban J connectivity index is 1.36. The van der Waals surface area contributed by atoms with Gasteiger partial charge < -0.3 is 10.1 Å². The van der Waals surface area contributed by atoms with Crippen molar-refractivity contribution in [3.05, 3.63) is 28.7 Å². The summed E-state index contributed by atoms with van der Waals surface area (Å²) >= 11 is 10.6. The van der Waals surface area contributed by atoms with Crippen molar-refractivity contribution >= 4 is 77.2 Å². The molecule has 1 aromatic rings. The number of imide groups is 1. The van der Waals surface area contributed by atoms with Crippen molar-refractivity contribution in [3.8, 4) is 0 Å². The summed E-state index contributed by atoms with van der Waals surface area (Å²) in [6.45, 7) is 0.964. The minimum absolute atomic E-state index is 0.0748. The Hall–Kier alpha value is -1.26. The molecule has 3 aliphatic rings. The number of alkyl halides is 2. The van der Waals surface area contributed by atoms with E-state index in [1.807, 2.05) is 0 Å². The maximum Gasteiger partial charge on any atom is 0.329 e. The zero-order valence-corrected chi connectivity index (χ0v) is 20.6. The lowest BCUT2D eigenvalue weighted by Gasteiger charge is -2.28. The molecule has 1 aliphatic heterocycles. The highest BCUT2D eigenvalue weighted by molar-refractivity contribution is 9.12. The molecule has 0 spiro atoms. The Morgan fingerprint density at radius 1 is 1.10 bits per heavy atom. The number of nitrogens with one attached hydrogen (secondary N) is 1. The fourth-order valence-electron chi connectivity index (χ4n) is 4.85. The number of likely N-dealkylation sites (tertiary alicyclic amines) is 1. The second-order valence-electron chi connectivity index (χ2n) is 7.89. The van der Waals surface area contributed by atoms with Gasteiger partial charge in [0, 0.05) is 19.8 Å². The van der Waals surface area contributed by atoms with Crippen LogP contribution in [0.25, 0.3) is 0 Å². The normalized spacial score (nSPS) is 32.9. The Morgan fingerprint density at radius 2 is 1.63 bits per heavy atom. The van der Waals surface area contributed by atoms with E-state index >= 15 is 0 Å². The zero-order valence-electron chi connectivity index (χ0n) is 15.9. The molecule has 1 aromatic carbocycles. The Kier molecular flexibility index (Phi) is 6.11. The number of rotatable bonds is 5. The molecule has 4 rings (SSSR count). The third-order valence-corrected chi connectivity index (χ3v) is 9.96. The summed E-state index contributed by atoms with van der Waals surface area (Å²) in [6, 6.07) is 5.88. The number of halogens is 3. The van der Waals surface area contributed by atoms with E-state index in [9.17, 15) is 19.2 Å². The Bertz CT molecular complexity index is 876. The molecule has 7 atom stereocenters. The molecule has 160 valence electrons. The lowest BCUT2D eigenvalue weighted by atomic mass is 9.81. The van der Waals surface area contributed by atoms with E-state index in [0.717, 1.165) is 15.8 Å². The number of carbonyl (C=O) groups is 4. The number of hydrogen-bond donors (Lipinski definition) is 1. The minimum Gasteiger partial charge on any atom is -0.454 e. The van der Waals surface area contributed by atoms with E-state index in [4.69, 9.17) is 4.74 Å². The van der Waals surface area contributed by atoms with Gasteiger partial charge in [-0.05, 0) is 49.4 Å². The number of amides is 3.